The van der Waals surface area contributed by atoms with Crippen molar-refractivity contribution >= 4 is 0 Å². The summed E-state index contributed by atoms with van der Waals surface area (Å²) in [6.45, 7) is 1.94. The molecule has 2 atom stereocenters. The lowest BCUT2D eigenvalue weighted by atomic mass is 9.97. The molecule has 146 valence electrons. The van der Waals surface area contributed by atoms with Gasteiger partial charge in [-0.2, -0.15) is 0 Å². The maximum absolute atomic E-state index is 9.84. The molecule has 3 rings (SSSR count). The van der Waals surface area contributed by atoms with Crippen molar-refractivity contribution in [3.05, 3.63) is 53.6 Å². The number of hydrogen-bond donors (Lipinski definition) is 1. The molecule has 27 heavy (non-hydrogen) atoms. The summed E-state index contributed by atoms with van der Waals surface area (Å²) in [5.41, 5.74) is 2.12. The first-order valence-corrected chi connectivity index (χ1v) is 9.02. The van der Waals surface area contributed by atoms with Gasteiger partial charge in [-0.15, -0.1) is 0 Å². The predicted molar refractivity (Wildman–Crippen MR) is 103 cm³/mol. The van der Waals surface area contributed by atoms with Crippen molar-refractivity contribution in [3.63, 3.8) is 0 Å². The minimum absolute atomic E-state index is 0.0286. The summed E-state index contributed by atoms with van der Waals surface area (Å²) in [5.74, 6) is 1.88. The van der Waals surface area contributed by atoms with Gasteiger partial charge in [-0.05, 0) is 11.6 Å². The molecule has 0 radical (unpaired) electrons. The van der Waals surface area contributed by atoms with E-state index in [1.54, 1.807) is 21.3 Å². The van der Waals surface area contributed by atoms with Gasteiger partial charge in [-0.1, -0.05) is 36.4 Å². The maximum Gasteiger partial charge on any atom is 0.203 e. The summed E-state index contributed by atoms with van der Waals surface area (Å²) in [4.78, 5) is 2.31. The molecule has 1 heterocycles. The minimum atomic E-state index is -0.271. The zero-order chi connectivity index (χ0) is 19.2. The second-order valence-electron chi connectivity index (χ2n) is 6.41. The predicted octanol–water partition coefficient (Wildman–Crippen LogP) is 2.65. The van der Waals surface area contributed by atoms with Crippen LogP contribution in [0.1, 0.15) is 17.2 Å². The Labute approximate surface area is 160 Å². The Kier molecular flexibility index (Phi) is 6.55. The first-order valence-electron chi connectivity index (χ1n) is 9.02. The lowest BCUT2D eigenvalue weighted by molar-refractivity contribution is -0.0961. The van der Waals surface area contributed by atoms with Gasteiger partial charge in [0.1, 0.15) is 6.10 Å². The number of aliphatic hydroxyl groups excluding tert-OH is 1. The highest BCUT2D eigenvalue weighted by molar-refractivity contribution is 5.55. The van der Waals surface area contributed by atoms with Gasteiger partial charge in [0.05, 0.1) is 40.6 Å². The largest absolute Gasteiger partial charge is 0.493 e. The second kappa shape index (κ2) is 9.08. The molecule has 1 N–H and O–H groups in total. The van der Waals surface area contributed by atoms with Crippen molar-refractivity contribution in [1.29, 1.82) is 0 Å². The van der Waals surface area contributed by atoms with E-state index < -0.39 is 0 Å². The number of rotatable bonds is 7. The number of aliphatic hydroxyl groups is 1. The third-order valence-corrected chi connectivity index (χ3v) is 4.94. The standard InChI is InChI=1S/C21H27NO5/c1-24-17-10-9-16(20(25-2)21(17)26-3)13-22-11-12-27-18(14-23)19(22)15-7-5-4-6-8-15/h4-10,18-19,23H,11-14H2,1-3H3/t18-,19-/m1/s1. The summed E-state index contributed by atoms with van der Waals surface area (Å²) in [7, 11) is 4.84. The quantitative estimate of drug-likeness (QED) is 0.805. The van der Waals surface area contributed by atoms with Crippen LogP contribution in [0.3, 0.4) is 0 Å². The van der Waals surface area contributed by atoms with Crippen LogP contribution in [0.15, 0.2) is 42.5 Å². The van der Waals surface area contributed by atoms with E-state index in [9.17, 15) is 5.11 Å². The number of ether oxygens (including phenoxy) is 4. The molecular weight excluding hydrogens is 346 g/mol. The van der Waals surface area contributed by atoms with Gasteiger partial charge in [0.25, 0.3) is 0 Å². The molecule has 1 fully saturated rings. The van der Waals surface area contributed by atoms with E-state index in [1.165, 1.54) is 0 Å². The van der Waals surface area contributed by atoms with Crippen LogP contribution in [0, 0.1) is 0 Å². The molecule has 0 unspecified atom stereocenters. The lowest BCUT2D eigenvalue weighted by Gasteiger charge is -2.41. The van der Waals surface area contributed by atoms with Crippen LogP contribution in [0.2, 0.25) is 0 Å². The van der Waals surface area contributed by atoms with Crippen LogP contribution in [-0.2, 0) is 11.3 Å². The van der Waals surface area contributed by atoms with Crippen LogP contribution in [0.4, 0.5) is 0 Å². The number of benzene rings is 2. The third-order valence-electron chi connectivity index (χ3n) is 4.94. The summed E-state index contributed by atoms with van der Waals surface area (Å²) >= 11 is 0. The van der Waals surface area contributed by atoms with E-state index in [-0.39, 0.29) is 18.8 Å². The molecule has 0 aromatic heterocycles. The lowest BCUT2D eigenvalue weighted by Crippen LogP contribution is -2.46. The third kappa shape index (κ3) is 4.03. The van der Waals surface area contributed by atoms with E-state index in [0.29, 0.717) is 30.4 Å². The molecule has 0 aliphatic carbocycles. The van der Waals surface area contributed by atoms with Gasteiger partial charge >= 0.3 is 0 Å². The molecule has 6 nitrogen and oxygen atoms in total. The molecule has 0 saturated carbocycles. The van der Waals surface area contributed by atoms with Gasteiger partial charge in [-0.3, -0.25) is 4.90 Å². The first kappa shape index (κ1) is 19.5. The monoisotopic (exact) mass is 373 g/mol. The van der Waals surface area contributed by atoms with Gasteiger partial charge in [0.2, 0.25) is 5.75 Å². The highest BCUT2D eigenvalue weighted by Gasteiger charge is 2.34. The van der Waals surface area contributed by atoms with E-state index in [0.717, 1.165) is 17.7 Å². The fourth-order valence-corrected chi connectivity index (χ4v) is 3.70. The molecule has 2 aromatic carbocycles. The summed E-state index contributed by atoms with van der Waals surface area (Å²) in [5, 5.41) is 9.84. The number of morpholine rings is 1. The van der Waals surface area contributed by atoms with E-state index in [1.807, 2.05) is 30.3 Å². The van der Waals surface area contributed by atoms with Crippen molar-refractivity contribution in [3.8, 4) is 17.2 Å². The summed E-state index contributed by atoms with van der Waals surface area (Å²) in [6.07, 6.45) is -0.271. The average Bonchev–Trinajstić information content (AvgIpc) is 2.73. The van der Waals surface area contributed by atoms with Crippen molar-refractivity contribution in [2.45, 2.75) is 18.7 Å². The fourth-order valence-electron chi connectivity index (χ4n) is 3.70. The molecule has 0 spiro atoms. The Morgan fingerprint density at radius 1 is 1.00 bits per heavy atom. The fraction of sp³-hybridized carbons (Fsp3) is 0.429. The van der Waals surface area contributed by atoms with Crippen molar-refractivity contribution in [2.75, 3.05) is 41.1 Å². The summed E-state index contributed by atoms with van der Waals surface area (Å²) < 4.78 is 22.4. The van der Waals surface area contributed by atoms with Crippen LogP contribution >= 0.6 is 0 Å². The Balaban J connectivity index is 1.95. The zero-order valence-electron chi connectivity index (χ0n) is 16.1. The summed E-state index contributed by atoms with van der Waals surface area (Å²) in [6, 6.07) is 14.0. The van der Waals surface area contributed by atoms with Crippen molar-refractivity contribution < 1.29 is 24.1 Å². The Hall–Kier alpha value is -2.28. The number of methoxy groups -OCH3 is 3. The van der Waals surface area contributed by atoms with Crippen molar-refractivity contribution in [2.24, 2.45) is 0 Å². The maximum atomic E-state index is 9.84. The van der Waals surface area contributed by atoms with E-state index in [4.69, 9.17) is 18.9 Å². The highest BCUT2D eigenvalue weighted by atomic mass is 16.5. The van der Waals surface area contributed by atoms with E-state index >= 15 is 0 Å². The van der Waals surface area contributed by atoms with Crippen molar-refractivity contribution in [1.82, 2.24) is 4.90 Å². The molecule has 0 amide bonds. The van der Waals surface area contributed by atoms with E-state index in [2.05, 4.69) is 17.0 Å². The molecule has 6 heteroatoms. The van der Waals surface area contributed by atoms with Gasteiger partial charge in [-0.25, -0.2) is 0 Å². The average molecular weight is 373 g/mol. The normalized spacial score (nSPS) is 20.3. The van der Waals surface area contributed by atoms with Crippen LogP contribution in [0.25, 0.3) is 0 Å². The Morgan fingerprint density at radius 2 is 1.74 bits per heavy atom. The number of nitrogens with zero attached hydrogens (tertiary/aromatic N) is 1. The van der Waals surface area contributed by atoms with Crippen LogP contribution in [0.5, 0.6) is 17.2 Å². The topological polar surface area (TPSA) is 60.4 Å². The second-order valence-corrected chi connectivity index (χ2v) is 6.41. The van der Waals surface area contributed by atoms with Gasteiger partial charge < -0.3 is 24.1 Å². The first-order chi connectivity index (χ1) is 13.2. The van der Waals surface area contributed by atoms with Crippen LogP contribution in [-0.4, -0.2) is 57.2 Å². The Bertz CT molecular complexity index is 737. The molecule has 1 saturated heterocycles. The molecule has 1 aliphatic heterocycles. The molecule has 1 aliphatic rings. The molecule has 2 aromatic rings. The minimum Gasteiger partial charge on any atom is -0.493 e. The Morgan fingerprint density at radius 3 is 2.37 bits per heavy atom. The molecule has 0 bridgehead atoms. The highest BCUT2D eigenvalue weighted by Crippen LogP contribution is 2.41. The smallest absolute Gasteiger partial charge is 0.203 e. The van der Waals surface area contributed by atoms with Crippen LogP contribution < -0.4 is 14.2 Å². The molecular formula is C21H27NO5. The SMILES string of the molecule is COc1ccc(CN2CCO[C@H](CO)[C@H]2c2ccccc2)c(OC)c1OC. The van der Waals surface area contributed by atoms with Gasteiger partial charge in [0, 0.05) is 18.7 Å². The zero-order valence-corrected chi connectivity index (χ0v) is 16.1. The van der Waals surface area contributed by atoms with Gasteiger partial charge in [0.15, 0.2) is 11.5 Å². The number of hydrogen-bond acceptors (Lipinski definition) is 6.